The minimum Gasteiger partial charge on any atom is -0.284 e. The minimum atomic E-state index is -0.0420. The van der Waals surface area contributed by atoms with Crippen molar-refractivity contribution in [3.05, 3.63) is 52.8 Å². The summed E-state index contributed by atoms with van der Waals surface area (Å²) in [5.41, 5.74) is 2.92. The van der Waals surface area contributed by atoms with Crippen molar-refractivity contribution in [2.75, 3.05) is 4.90 Å². The molecule has 0 aliphatic rings. The molecule has 3 aromatic rings. The molecule has 0 saturated heterocycles. The van der Waals surface area contributed by atoms with E-state index in [1.165, 1.54) is 11.3 Å². The maximum absolute atomic E-state index is 12.0. The summed E-state index contributed by atoms with van der Waals surface area (Å²) in [6, 6.07) is 7.56. The predicted octanol–water partition coefficient (Wildman–Crippen LogP) is 4.21. The molecule has 3 rings (SSSR count). The lowest BCUT2D eigenvalue weighted by Crippen LogP contribution is -2.27. The normalized spacial score (nSPS) is 10.9. The van der Waals surface area contributed by atoms with E-state index in [0.717, 1.165) is 21.3 Å². The number of fused-ring (bicyclic) bond motifs is 1. The number of anilines is 1. The molecule has 0 atom stereocenters. The monoisotopic (exact) mass is 331 g/mol. The second kappa shape index (κ2) is 6.02. The summed E-state index contributed by atoms with van der Waals surface area (Å²) in [6.07, 6.45) is 3.44. The van der Waals surface area contributed by atoms with Gasteiger partial charge < -0.3 is 0 Å². The lowest BCUT2D eigenvalue weighted by Gasteiger charge is -2.17. The summed E-state index contributed by atoms with van der Waals surface area (Å²) >= 11 is 7.57. The molecule has 0 bridgehead atoms. The highest BCUT2D eigenvalue weighted by molar-refractivity contribution is 7.22. The van der Waals surface area contributed by atoms with Gasteiger partial charge in [-0.05, 0) is 42.3 Å². The first-order valence-corrected chi connectivity index (χ1v) is 7.98. The number of carbonyl (C=O) groups is 1. The van der Waals surface area contributed by atoms with E-state index in [2.05, 4.69) is 9.97 Å². The van der Waals surface area contributed by atoms with Crippen LogP contribution in [0.5, 0.6) is 0 Å². The SMILES string of the molecule is CC(=O)N(Cc1ccncc1)c1nc2c(C)cc(Cl)cc2s1. The van der Waals surface area contributed by atoms with Crippen molar-refractivity contribution in [2.24, 2.45) is 0 Å². The molecule has 22 heavy (non-hydrogen) atoms. The van der Waals surface area contributed by atoms with Crippen LogP contribution in [-0.4, -0.2) is 15.9 Å². The second-order valence-corrected chi connectivity index (χ2v) is 6.47. The molecule has 1 amide bonds. The number of hydrogen-bond donors (Lipinski definition) is 0. The van der Waals surface area contributed by atoms with Crippen molar-refractivity contribution in [3.63, 3.8) is 0 Å². The highest BCUT2D eigenvalue weighted by Crippen LogP contribution is 2.33. The Bertz CT molecular complexity index is 832. The number of benzene rings is 1. The van der Waals surface area contributed by atoms with Gasteiger partial charge in [0.25, 0.3) is 0 Å². The van der Waals surface area contributed by atoms with Gasteiger partial charge in [-0.2, -0.15) is 0 Å². The molecule has 1 aromatic carbocycles. The summed E-state index contributed by atoms with van der Waals surface area (Å²) in [5, 5.41) is 1.37. The molecule has 2 heterocycles. The molecule has 4 nitrogen and oxygen atoms in total. The van der Waals surface area contributed by atoms with Gasteiger partial charge in [0.1, 0.15) is 0 Å². The van der Waals surface area contributed by atoms with E-state index in [4.69, 9.17) is 11.6 Å². The average Bonchev–Trinajstić information content (AvgIpc) is 2.89. The third kappa shape index (κ3) is 2.96. The maximum Gasteiger partial charge on any atom is 0.225 e. The van der Waals surface area contributed by atoms with E-state index in [0.29, 0.717) is 16.7 Å². The molecule has 0 spiro atoms. The Kier molecular flexibility index (Phi) is 4.09. The first kappa shape index (κ1) is 14.9. The van der Waals surface area contributed by atoms with Gasteiger partial charge in [-0.1, -0.05) is 22.9 Å². The van der Waals surface area contributed by atoms with Crippen molar-refractivity contribution in [2.45, 2.75) is 20.4 Å². The average molecular weight is 332 g/mol. The van der Waals surface area contributed by atoms with Crippen LogP contribution in [0.3, 0.4) is 0 Å². The highest BCUT2D eigenvalue weighted by Gasteiger charge is 2.17. The van der Waals surface area contributed by atoms with Crippen molar-refractivity contribution >= 4 is 44.2 Å². The number of halogens is 1. The van der Waals surface area contributed by atoms with Crippen molar-refractivity contribution in [1.82, 2.24) is 9.97 Å². The topological polar surface area (TPSA) is 46.1 Å². The Balaban J connectivity index is 2.02. The third-order valence-electron chi connectivity index (χ3n) is 3.34. The Morgan fingerprint density at radius 1 is 1.32 bits per heavy atom. The van der Waals surface area contributed by atoms with Crippen LogP contribution in [0.15, 0.2) is 36.7 Å². The van der Waals surface area contributed by atoms with E-state index in [-0.39, 0.29) is 5.91 Å². The van der Waals surface area contributed by atoms with Gasteiger partial charge in [0.15, 0.2) is 5.13 Å². The number of nitrogens with zero attached hydrogens (tertiary/aromatic N) is 3. The van der Waals surface area contributed by atoms with E-state index >= 15 is 0 Å². The summed E-state index contributed by atoms with van der Waals surface area (Å²) in [5.74, 6) is -0.0420. The summed E-state index contributed by atoms with van der Waals surface area (Å²) in [6.45, 7) is 4.00. The molecular formula is C16H14ClN3OS. The lowest BCUT2D eigenvalue weighted by atomic mass is 10.2. The van der Waals surface area contributed by atoms with E-state index in [9.17, 15) is 4.79 Å². The van der Waals surface area contributed by atoms with Gasteiger partial charge in [0.05, 0.1) is 16.8 Å². The molecule has 6 heteroatoms. The minimum absolute atomic E-state index is 0.0420. The molecule has 0 aliphatic carbocycles. The van der Waals surface area contributed by atoms with Crippen LogP contribution in [-0.2, 0) is 11.3 Å². The fourth-order valence-corrected chi connectivity index (χ4v) is 3.71. The Hall–Kier alpha value is -1.98. The zero-order valence-electron chi connectivity index (χ0n) is 12.2. The van der Waals surface area contributed by atoms with Crippen molar-refractivity contribution < 1.29 is 4.79 Å². The van der Waals surface area contributed by atoms with Gasteiger partial charge >= 0.3 is 0 Å². The number of amides is 1. The lowest BCUT2D eigenvalue weighted by molar-refractivity contribution is -0.116. The first-order valence-electron chi connectivity index (χ1n) is 6.78. The van der Waals surface area contributed by atoms with Gasteiger partial charge in [0, 0.05) is 24.3 Å². The zero-order chi connectivity index (χ0) is 15.7. The Morgan fingerprint density at radius 3 is 2.73 bits per heavy atom. The number of thiazole rings is 1. The molecule has 2 aromatic heterocycles. The number of carbonyl (C=O) groups excluding carboxylic acids is 1. The third-order valence-corrected chi connectivity index (χ3v) is 4.58. The molecular weight excluding hydrogens is 318 g/mol. The summed E-state index contributed by atoms with van der Waals surface area (Å²) in [4.78, 5) is 22.3. The maximum atomic E-state index is 12.0. The van der Waals surface area contributed by atoms with Gasteiger partial charge in [-0.15, -0.1) is 0 Å². The number of rotatable bonds is 3. The second-order valence-electron chi connectivity index (χ2n) is 5.03. The van der Waals surface area contributed by atoms with Crippen LogP contribution in [0.2, 0.25) is 5.02 Å². The fraction of sp³-hybridized carbons (Fsp3) is 0.188. The fourth-order valence-electron chi connectivity index (χ4n) is 2.24. The standard InChI is InChI=1S/C16H14ClN3OS/c1-10-7-13(17)8-14-15(10)19-16(22-14)20(11(2)21)9-12-3-5-18-6-4-12/h3-8H,9H2,1-2H3. The number of hydrogen-bond acceptors (Lipinski definition) is 4. The smallest absolute Gasteiger partial charge is 0.225 e. The molecule has 0 unspecified atom stereocenters. The van der Waals surface area contributed by atoms with Gasteiger partial charge in [0.2, 0.25) is 5.91 Å². The van der Waals surface area contributed by atoms with E-state index in [1.54, 1.807) is 24.2 Å². The van der Waals surface area contributed by atoms with Crippen LogP contribution >= 0.6 is 22.9 Å². The molecule has 0 aliphatic heterocycles. The summed E-state index contributed by atoms with van der Waals surface area (Å²) in [7, 11) is 0. The van der Waals surface area contributed by atoms with Crippen LogP contribution in [0.4, 0.5) is 5.13 Å². The number of aryl methyl sites for hydroxylation is 1. The Labute approximate surface area is 137 Å². The van der Waals surface area contributed by atoms with Crippen LogP contribution in [0.1, 0.15) is 18.1 Å². The molecule has 0 N–H and O–H groups in total. The largest absolute Gasteiger partial charge is 0.284 e. The van der Waals surface area contributed by atoms with E-state index in [1.807, 2.05) is 31.2 Å². The molecule has 0 saturated carbocycles. The first-order chi connectivity index (χ1) is 10.5. The van der Waals surface area contributed by atoms with E-state index < -0.39 is 0 Å². The van der Waals surface area contributed by atoms with Crippen molar-refractivity contribution in [1.29, 1.82) is 0 Å². The molecule has 112 valence electrons. The number of pyridine rings is 1. The predicted molar refractivity (Wildman–Crippen MR) is 90.5 cm³/mol. The van der Waals surface area contributed by atoms with Crippen LogP contribution < -0.4 is 4.90 Å². The quantitative estimate of drug-likeness (QED) is 0.722. The van der Waals surface area contributed by atoms with Crippen LogP contribution in [0.25, 0.3) is 10.2 Å². The number of aromatic nitrogens is 2. The molecule has 0 radical (unpaired) electrons. The van der Waals surface area contributed by atoms with Crippen LogP contribution in [0, 0.1) is 6.92 Å². The zero-order valence-corrected chi connectivity index (χ0v) is 13.8. The van der Waals surface area contributed by atoms with Crippen molar-refractivity contribution in [3.8, 4) is 0 Å². The Morgan fingerprint density at radius 2 is 2.05 bits per heavy atom. The van der Waals surface area contributed by atoms with Gasteiger partial charge in [-0.25, -0.2) is 4.98 Å². The molecule has 0 fully saturated rings. The summed E-state index contributed by atoms with van der Waals surface area (Å²) < 4.78 is 0.987. The van der Waals surface area contributed by atoms with Gasteiger partial charge in [-0.3, -0.25) is 14.7 Å². The highest BCUT2D eigenvalue weighted by atomic mass is 35.5.